The third-order valence-electron chi connectivity index (χ3n) is 5.19. The summed E-state index contributed by atoms with van der Waals surface area (Å²) >= 11 is 6.46. The third-order valence-corrected chi connectivity index (χ3v) is 7.91. The molecule has 4 rings (SSSR count). The first kappa shape index (κ1) is 18.5. The molecule has 0 unspecified atom stereocenters. The monoisotopic (exact) mass is 393 g/mol. The van der Waals surface area contributed by atoms with Crippen molar-refractivity contribution in [2.45, 2.75) is 38.1 Å². The highest BCUT2D eigenvalue weighted by Gasteiger charge is 2.22. The Morgan fingerprint density at radius 2 is 1.33 bits per heavy atom. The van der Waals surface area contributed by atoms with Crippen LogP contribution >= 0.6 is 19.5 Å². The maximum absolute atomic E-state index is 6.46. The molecule has 1 aliphatic rings. The summed E-state index contributed by atoms with van der Waals surface area (Å²) in [6.07, 6.45) is 6.54. The Balaban J connectivity index is 1.78. The first-order valence-electron chi connectivity index (χ1n) is 9.77. The van der Waals surface area contributed by atoms with E-state index >= 15 is 0 Å². The van der Waals surface area contributed by atoms with Crippen molar-refractivity contribution in [3.8, 4) is 0 Å². The zero-order valence-corrected chi connectivity index (χ0v) is 17.1. The van der Waals surface area contributed by atoms with Crippen LogP contribution in [0.5, 0.6) is 0 Å². The Morgan fingerprint density at radius 1 is 0.741 bits per heavy atom. The van der Waals surface area contributed by atoms with Crippen molar-refractivity contribution in [1.29, 1.82) is 0 Å². The van der Waals surface area contributed by atoms with Crippen molar-refractivity contribution < 1.29 is 0 Å². The van der Waals surface area contributed by atoms with Crippen LogP contribution in [0.25, 0.3) is 0 Å². The van der Waals surface area contributed by atoms with Gasteiger partial charge in [-0.3, -0.25) is 0 Å². The van der Waals surface area contributed by atoms with Crippen LogP contribution in [0.15, 0.2) is 78.9 Å². The lowest BCUT2D eigenvalue weighted by Gasteiger charge is -2.28. The van der Waals surface area contributed by atoms with Gasteiger partial charge in [0.15, 0.2) is 0 Å². The highest BCUT2D eigenvalue weighted by Crippen LogP contribution is 2.37. The Labute approximate surface area is 168 Å². The van der Waals surface area contributed by atoms with E-state index < -0.39 is 7.92 Å². The molecule has 0 heterocycles. The summed E-state index contributed by atoms with van der Waals surface area (Å²) in [5.41, 5.74) is 1.24. The van der Waals surface area contributed by atoms with Crippen LogP contribution in [0.1, 0.15) is 32.1 Å². The zero-order valence-electron chi connectivity index (χ0n) is 15.4. The quantitative estimate of drug-likeness (QED) is 0.537. The molecule has 27 heavy (non-hydrogen) atoms. The second kappa shape index (κ2) is 8.91. The van der Waals surface area contributed by atoms with Gasteiger partial charge in [-0.2, -0.15) is 0 Å². The van der Waals surface area contributed by atoms with Gasteiger partial charge >= 0.3 is 0 Å². The molecule has 1 fully saturated rings. The Bertz CT molecular complexity index is 821. The molecular formula is C24H25ClNP. The summed E-state index contributed by atoms with van der Waals surface area (Å²) in [5, 5.41) is 8.69. The fraction of sp³-hybridized carbons (Fsp3) is 0.250. The molecule has 1 aliphatic carbocycles. The van der Waals surface area contributed by atoms with E-state index in [0.717, 1.165) is 5.02 Å². The van der Waals surface area contributed by atoms with E-state index in [1.54, 1.807) is 0 Å². The minimum atomic E-state index is -0.657. The number of nitrogens with one attached hydrogen (secondary N) is 1. The van der Waals surface area contributed by atoms with Crippen molar-refractivity contribution in [1.82, 2.24) is 0 Å². The van der Waals surface area contributed by atoms with Crippen LogP contribution in [0.2, 0.25) is 5.02 Å². The standard InChI is InChI=1S/C24H25ClNP/c25-19-16-17-23(26-20-10-4-1-5-11-20)24(18-19)27(21-12-6-2-7-13-21)22-14-8-3-9-15-22/h2-3,6-9,12-18,20,26H,1,4-5,10-11H2. The first-order valence-corrected chi connectivity index (χ1v) is 11.5. The zero-order chi connectivity index (χ0) is 18.5. The van der Waals surface area contributed by atoms with Gasteiger partial charge in [0.1, 0.15) is 0 Å². The van der Waals surface area contributed by atoms with Gasteiger partial charge in [0, 0.05) is 22.1 Å². The van der Waals surface area contributed by atoms with E-state index in [2.05, 4.69) is 78.1 Å². The maximum Gasteiger partial charge on any atom is 0.0428 e. The number of hydrogen-bond donors (Lipinski definition) is 1. The summed E-state index contributed by atoms with van der Waals surface area (Å²) in [7, 11) is -0.657. The summed E-state index contributed by atoms with van der Waals surface area (Å²) in [4.78, 5) is 0. The Hall–Kier alpha value is -1.82. The van der Waals surface area contributed by atoms with Gasteiger partial charge in [0.05, 0.1) is 0 Å². The largest absolute Gasteiger partial charge is 0.382 e. The molecule has 0 bridgehead atoms. The average Bonchev–Trinajstić information content (AvgIpc) is 2.73. The molecule has 138 valence electrons. The minimum Gasteiger partial charge on any atom is -0.382 e. The molecule has 0 saturated heterocycles. The first-order chi connectivity index (χ1) is 13.3. The molecule has 0 amide bonds. The lowest BCUT2D eigenvalue weighted by atomic mass is 9.95. The van der Waals surface area contributed by atoms with Gasteiger partial charge in [-0.1, -0.05) is 91.5 Å². The number of rotatable bonds is 5. The predicted octanol–water partition coefficient (Wildman–Crippen LogP) is 5.84. The highest BCUT2D eigenvalue weighted by molar-refractivity contribution is 7.80. The molecular weight excluding hydrogens is 369 g/mol. The molecule has 0 radical (unpaired) electrons. The van der Waals surface area contributed by atoms with E-state index in [1.165, 1.54) is 53.7 Å². The number of hydrogen-bond acceptors (Lipinski definition) is 1. The molecule has 1 N–H and O–H groups in total. The lowest BCUT2D eigenvalue weighted by Crippen LogP contribution is -2.28. The number of anilines is 1. The van der Waals surface area contributed by atoms with Crippen molar-refractivity contribution in [3.63, 3.8) is 0 Å². The molecule has 3 aromatic carbocycles. The molecule has 3 aromatic rings. The molecule has 0 aliphatic heterocycles. The smallest absolute Gasteiger partial charge is 0.0428 e. The molecule has 0 atom stereocenters. The highest BCUT2D eigenvalue weighted by atomic mass is 35.5. The summed E-state index contributed by atoms with van der Waals surface area (Å²) < 4.78 is 0. The van der Waals surface area contributed by atoms with Crippen LogP contribution in [0.4, 0.5) is 5.69 Å². The Morgan fingerprint density at radius 3 is 1.93 bits per heavy atom. The van der Waals surface area contributed by atoms with Gasteiger partial charge in [-0.15, -0.1) is 0 Å². The van der Waals surface area contributed by atoms with Crippen LogP contribution in [-0.2, 0) is 0 Å². The fourth-order valence-electron chi connectivity index (χ4n) is 3.86. The summed E-state index contributed by atoms with van der Waals surface area (Å²) in [5.74, 6) is 0. The van der Waals surface area contributed by atoms with Crippen molar-refractivity contribution in [2.75, 3.05) is 5.32 Å². The second-order valence-electron chi connectivity index (χ2n) is 7.15. The predicted molar refractivity (Wildman–Crippen MR) is 121 cm³/mol. The van der Waals surface area contributed by atoms with E-state index in [4.69, 9.17) is 11.6 Å². The van der Waals surface area contributed by atoms with E-state index in [1.807, 2.05) is 6.07 Å². The van der Waals surface area contributed by atoms with Gasteiger partial charge in [-0.25, -0.2) is 0 Å². The van der Waals surface area contributed by atoms with Gasteiger partial charge in [0.2, 0.25) is 0 Å². The fourth-order valence-corrected chi connectivity index (χ4v) is 6.55. The molecule has 0 spiro atoms. The maximum atomic E-state index is 6.46. The minimum absolute atomic E-state index is 0.571. The van der Waals surface area contributed by atoms with Gasteiger partial charge in [0.25, 0.3) is 0 Å². The van der Waals surface area contributed by atoms with Crippen LogP contribution < -0.4 is 21.2 Å². The summed E-state index contributed by atoms with van der Waals surface area (Å²) in [6, 6.07) is 28.6. The summed E-state index contributed by atoms with van der Waals surface area (Å²) in [6.45, 7) is 0. The third kappa shape index (κ3) is 4.54. The normalized spacial score (nSPS) is 15.0. The van der Waals surface area contributed by atoms with Gasteiger partial charge < -0.3 is 5.32 Å². The topological polar surface area (TPSA) is 12.0 Å². The van der Waals surface area contributed by atoms with Crippen LogP contribution in [0, 0.1) is 0 Å². The van der Waals surface area contributed by atoms with Crippen molar-refractivity contribution in [3.05, 3.63) is 83.9 Å². The molecule has 3 heteroatoms. The van der Waals surface area contributed by atoms with Crippen molar-refractivity contribution in [2.24, 2.45) is 0 Å². The second-order valence-corrected chi connectivity index (χ2v) is 9.77. The number of halogens is 1. The van der Waals surface area contributed by atoms with Crippen molar-refractivity contribution >= 4 is 41.1 Å². The van der Waals surface area contributed by atoms with E-state index in [0.29, 0.717) is 6.04 Å². The number of benzene rings is 3. The SMILES string of the molecule is Clc1ccc(NC2CCCCC2)c(P(c2ccccc2)c2ccccc2)c1. The lowest BCUT2D eigenvalue weighted by molar-refractivity contribution is 0.463. The Kier molecular flexibility index (Phi) is 6.12. The van der Waals surface area contributed by atoms with E-state index in [-0.39, 0.29) is 0 Å². The van der Waals surface area contributed by atoms with Gasteiger partial charge in [-0.05, 0) is 49.6 Å². The van der Waals surface area contributed by atoms with Crippen LogP contribution in [-0.4, -0.2) is 6.04 Å². The van der Waals surface area contributed by atoms with Crippen LogP contribution in [0.3, 0.4) is 0 Å². The molecule has 0 aromatic heterocycles. The van der Waals surface area contributed by atoms with E-state index in [9.17, 15) is 0 Å². The molecule has 1 nitrogen and oxygen atoms in total. The average molecular weight is 394 g/mol. The molecule has 1 saturated carbocycles.